The first-order valence-electron chi connectivity index (χ1n) is 4.78. The monoisotopic (exact) mass is 214 g/mol. The molecule has 0 bridgehead atoms. The van der Waals surface area contributed by atoms with Crippen LogP contribution in [-0.4, -0.2) is 16.6 Å². The maximum absolute atomic E-state index is 5.90. The predicted molar refractivity (Wildman–Crippen MR) is 56.9 cm³/mol. The first kappa shape index (κ1) is 11.2. The Morgan fingerprint density at radius 1 is 1.29 bits per heavy atom. The van der Waals surface area contributed by atoms with Crippen LogP contribution in [0.2, 0.25) is 5.15 Å². The summed E-state index contributed by atoms with van der Waals surface area (Å²) in [5, 5.41) is 0.476. The molecule has 4 heteroatoms. The maximum atomic E-state index is 5.90. The fourth-order valence-corrected chi connectivity index (χ4v) is 1.23. The summed E-state index contributed by atoms with van der Waals surface area (Å²) in [6.07, 6.45) is 2.14. The van der Waals surface area contributed by atoms with E-state index in [1.54, 1.807) is 6.92 Å². The SMILES string of the molecule is CCCCOc1nc(C)nc(Cl)c1C. The zero-order valence-corrected chi connectivity index (χ0v) is 9.56. The third-order valence-electron chi connectivity index (χ3n) is 1.89. The molecule has 0 amide bonds. The molecule has 14 heavy (non-hydrogen) atoms. The van der Waals surface area contributed by atoms with E-state index in [-0.39, 0.29) is 0 Å². The van der Waals surface area contributed by atoms with E-state index in [2.05, 4.69) is 16.9 Å². The molecule has 0 fully saturated rings. The molecule has 0 unspecified atom stereocenters. The Morgan fingerprint density at radius 2 is 2.00 bits per heavy atom. The number of aryl methyl sites for hydroxylation is 1. The quantitative estimate of drug-likeness (QED) is 0.571. The lowest BCUT2D eigenvalue weighted by Gasteiger charge is -2.08. The normalized spacial score (nSPS) is 10.3. The Labute approximate surface area is 89.5 Å². The molecule has 0 aliphatic carbocycles. The molecule has 0 saturated carbocycles. The van der Waals surface area contributed by atoms with E-state index >= 15 is 0 Å². The lowest BCUT2D eigenvalue weighted by molar-refractivity contribution is 0.294. The summed E-state index contributed by atoms with van der Waals surface area (Å²) in [6, 6.07) is 0. The summed E-state index contributed by atoms with van der Waals surface area (Å²) in [4.78, 5) is 8.22. The Morgan fingerprint density at radius 3 is 2.64 bits per heavy atom. The van der Waals surface area contributed by atoms with Crippen molar-refractivity contribution in [1.29, 1.82) is 0 Å². The van der Waals surface area contributed by atoms with Gasteiger partial charge in [-0.25, -0.2) is 4.98 Å². The molecule has 1 aromatic rings. The summed E-state index contributed by atoms with van der Waals surface area (Å²) in [6.45, 7) is 6.47. The fourth-order valence-electron chi connectivity index (χ4n) is 1.02. The van der Waals surface area contributed by atoms with Gasteiger partial charge in [-0.05, 0) is 20.3 Å². The van der Waals surface area contributed by atoms with Gasteiger partial charge in [-0.15, -0.1) is 0 Å². The van der Waals surface area contributed by atoms with Gasteiger partial charge in [0.2, 0.25) is 5.88 Å². The van der Waals surface area contributed by atoms with Crippen LogP contribution in [0.1, 0.15) is 31.2 Å². The summed E-state index contributed by atoms with van der Waals surface area (Å²) in [7, 11) is 0. The van der Waals surface area contributed by atoms with E-state index in [0.717, 1.165) is 18.4 Å². The average molecular weight is 215 g/mol. The number of unbranched alkanes of at least 4 members (excludes halogenated alkanes) is 1. The summed E-state index contributed by atoms with van der Waals surface area (Å²) in [5.41, 5.74) is 0.813. The zero-order valence-electron chi connectivity index (χ0n) is 8.80. The summed E-state index contributed by atoms with van der Waals surface area (Å²) >= 11 is 5.90. The number of rotatable bonds is 4. The van der Waals surface area contributed by atoms with E-state index in [0.29, 0.717) is 23.5 Å². The van der Waals surface area contributed by atoms with Gasteiger partial charge < -0.3 is 4.74 Å². The molecule has 0 N–H and O–H groups in total. The highest BCUT2D eigenvalue weighted by molar-refractivity contribution is 6.30. The smallest absolute Gasteiger partial charge is 0.221 e. The molecule has 0 aromatic carbocycles. The van der Waals surface area contributed by atoms with Crippen LogP contribution in [0.4, 0.5) is 0 Å². The van der Waals surface area contributed by atoms with Crippen molar-refractivity contribution in [2.75, 3.05) is 6.61 Å². The number of halogens is 1. The second kappa shape index (κ2) is 5.15. The van der Waals surface area contributed by atoms with Gasteiger partial charge in [0.25, 0.3) is 0 Å². The predicted octanol–water partition coefficient (Wildman–Crippen LogP) is 2.93. The number of aromatic nitrogens is 2. The van der Waals surface area contributed by atoms with Gasteiger partial charge in [0.05, 0.1) is 6.61 Å². The minimum atomic E-state index is 0.476. The summed E-state index contributed by atoms with van der Waals surface area (Å²) < 4.78 is 5.50. The van der Waals surface area contributed by atoms with Crippen molar-refractivity contribution in [3.8, 4) is 5.88 Å². The van der Waals surface area contributed by atoms with E-state index < -0.39 is 0 Å². The van der Waals surface area contributed by atoms with Crippen molar-refractivity contribution in [3.63, 3.8) is 0 Å². The van der Waals surface area contributed by atoms with Gasteiger partial charge in [0.15, 0.2) is 0 Å². The number of hydrogen-bond acceptors (Lipinski definition) is 3. The maximum Gasteiger partial charge on any atom is 0.221 e. The molecule has 0 aliphatic heterocycles. The van der Waals surface area contributed by atoms with Gasteiger partial charge in [0, 0.05) is 5.56 Å². The van der Waals surface area contributed by atoms with E-state index in [1.165, 1.54) is 0 Å². The van der Waals surface area contributed by atoms with Crippen LogP contribution < -0.4 is 4.74 Å². The lowest BCUT2D eigenvalue weighted by Crippen LogP contribution is -2.03. The third-order valence-corrected chi connectivity index (χ3v) is 2.26. The minimum Gasteiger partial charge on any atom is -0.477 e. The molecule has 0 atom stereocenters. The number of nitrogens with zero attached hydrogens (tertiary/aromatic N) is 2. The van der Waals surface area contributed by atoms with E-state index in [4.69, 9.17) is 16.3 Å². The molecule has 1 heterocycles. The number of hydrogen-bond donors (Lipinski definition) is 0. The van der Waals surface area contributed by atoms with Crippen LogP contribution >= 0.6 is 11.6 Å². The molecular weight excluding hydrogens is 200 g/mol. The molecule has 0 aliphatic rings. The van der Waals surface area contributed by atoms with Gasteiger partial charge in [-0.2, -0.15) is 4.98 Å². The number of ether oxygens (including phenoxy) is 1. The largest absolute Gasteiger partial charge is 0.477 e. The first-order valence-corrected chi connectivity index (χ1v) is 5.16. The third kappa shape index (κ3) is 2.84. The van der Waals surface area contributed by atoms with Crippen molar-refractivity contribution in [2.45, 2.75) is 33.6 Å². The molecule has 0 spiro atoms. The van der Waals surface area contributed by atoms with Crippen LogP contribution in [0.5, 0.6) is 5.88 Å². The minimum absolute atomic E-state index is 0.476. The average Bonchev–Trinajstić information content (AvgIpc) is 2.13. The Hall–Kier alpha value is -0.830. The highest BCUT2D eigenvalue weighted by atomic mass is 35.5. The molecule has 1 rings (SSSR count). The van der Waals surface area contributed by atoms with Crippen LogP contribution in [0, 0.1) is 13.8 Å². The second-order valence-electron chi connectivity index (χ2n) is 3.19. The van der Waals surface area contributed by atoms with Crippen LogP contribution in [0.25, 0.3) is 0 Å². The molecule has 0 radical (unpaired) electrons. The lowest BCUT2D eigenvalue weighted by atomic mass is 10.3. The molecule has 3 nitrogen and oxygen atoms in total. The van der Waals surface area contributed by atoms with Crippen molar-refractivity contribution < 1.29 is 4.74 Å². The van der Waals surface area contributed by atoms with Crippen molar-refractivity contribution >= 4 is 11.6 Å². The first-order chi connectivity index (χ1) is 6.65. The van der Waals surface area contributed by atoms with Crippen LogP contribution in [0.3, 0.4) is 0 Å². The fraction of sp³-hybridized carbons (Fsp3) is 0.600. The van der Waals surface area contributed by atoms with Gasteiger partial charge >= 0.3 is 0 Å². The topological polar surface area (TPSA) is 35.0 Å². The summed E-state index contributed by atoms with van der Waals surface area (Å²) in [5.74, 6) is 1.25. The molecule has 1 aromatic heterocycles. The zero-order chi connectivity index (χ0) is 10.6. The Bertz CT molecular complexity index is 315. The van der Waals surface area contributed by atoms with Gasteiger partial charge in [-0.1, -0.05) is 24.9 Å². The van der Waals surface area contributed by atoms with Crippen molar-refractivity contribution in [1.82, 2.24) is 9.97 Å². The van der Waals surface area contributed by atoms with Crippen molar-refractivity contribution in [2.24, 2.45) is 0 Å². The second-order valence-corrected chi connectivity index (χ2v) is 3.55. The highest BCUT2D eigenvalue weighted by Gasteiger charge is 2.07. The van der Waals surface area contributed by atoms with Gasteiger partial charge in [0.1, 0.15) is 11.0 Å². The molecule has 78 valence electrons. The molecular formula is C10H15ClN2O. The Kier molecular flexibility index (Phi) is 4.14. The van der Waals surface area contributed by atoms with E-state index in [1.807, 2.05) is 6.92 Å². The van der Waals surface area contributed by atoms with Gasteiger partial charge in [-0.3, -0.25) is 0 Å². The van der Waals surface area contributed by atoms with Crippen LogP contribution in [-0.2, 0) is 0 Å². The van der Waals surface area contributed by atoms with Crippen LogP contribution in [0.15, 0.2) is 0 Å². The Balaban J connectivity index is 2.75. The standard InChI is InChI=1S/C10H15ClN2O/c1-4-5-6-14-10-7(2)9(11)12-8(3)13-10/h4-6H2,1-3H3. The molecule has 0 saturated heterocycles. The van der Waals surface area contributed by atoms with Crippen molar-refractivity contribution in [3.05, 3.63) is 16.5 Å². The van der Waals surface area contributed by atoms with E-state index in [9.17, 15) is 0 Å². The highest BCUT2D eigenvalue weighted by Crippen LogP contribution is 2.21.